The number of carbonyl (C=O) groups is 2. The molecule has 2 heterocycles. The molecule has 4 rings (SSSR count). The van der Waals surface area contributed by atoms with Crippen molar-refractivity contribution in [1.29, 1.82) is 0 Å². The molecule has 0 saturated heterocycles. The molecule has 0 radical (unpaired) electrons. The number of amides is 2. The first-order valence-electron chi connectivity index (χ1n) is 8.86. The second-order valence-corrected chi connectivity index (χ2v) is 8.56. The fourth-order valence-electron chi connectivity index (χ4n) is 2.91. The highest BCUT2D eigenvalue weighted by atomic mass is 35.5. The highest BCUT2D eigenvalue weighted by molar-refractivity contribution is 8.01. The smallest absolute Gasteiger partial charge is 0.238 e. The molecule has 8 heteroatoms. The van der Waals surface area contributed by atoms with E-state index in [0.29, 0.717) is 33.4 Å². The maximum absolute atomic E-state index is 12.5. The molecule has 1 aliphatic heterocycles. The largest absolute Gasteiger partial charge is 0.440 e. The van der Waals surface area contributed by atoms with Crippen molar-refractivity contribution >= 4 is 57.7 Å². The van der Waals surface area contributed by atoms with Gasteiger partial charge in [0.15, 0.2) is 11.5 Å². The average Bonchev–Trinajstić information content (AvgIpc) is 3.06. The van der Waals surface area contributed by atoms with Gasteiger partial charge in [-0.3, -0.25) is 9.59 Å². The van der Waals surface area contributed by atoms with Crippen LogP contribution in [0.5, 0.6) is 0 Å². The maximum atomic E-state index is 12.5. The zero-order chi connectivity index (χ0) is 19.8. The lowest BCUT2D eigenvalue weighted by atomic mass is 10.2. The van der Waals surface area contributed by atoms with Crippen molar-refractivity contribution in [3.63, 3.8) is 0 Å². The van der Waals surface area contributed by atoms with E-state index in [-0.39, 0.29) is 24.2 Å². The van der Waals surface area contributed by atoms with Crippen LogP contribution in [0.15, 0.2) is 45.7 Å². The number of nitrogens with zero attached hydrogens (tertiary/aromatic N) is 1. The zero-order valence-electron chi connectivity index (χ0n) is 15.3. The summed E-state index contributed by atoms with van der Waals surface area (Å²) in [4.78, 5) is 30.1. The van der Waals surface area contributed by atoms with E-state index in [9.17, 15) is 9.59 Å². The Hall–Kier alpha value is -2.51. The van der Waals surface area contributed by atoms with Gasteiger partial charge in [0.1, 0.15) is 5.52 Å². The molecular weight excluding hydrogens is 398 g/mol. The number of hydrogen-bond donors (Lipinski definition) is 2. The highest BCUT2D eigenvalue weighted by Gasteiger charge is 2.29. The predicted octanol–water partition coefficient (Wildman–Crippen LogP) is 5.05. The van der Waals surface area contributed by atoms with Gasteiger partial charge in [-0.15, -0.1) is 11.8 Å². The summed E-state index contributed by atoms with van der Waals surface area (Å²) in [5.41, 5.74) is 2.67. The molecule has 2 amide bonds. The number of fused-ring (bicyclic) bond motifs is 2. The summed E-state index contributed by atoms with van der Waals surface area (Å²) < 4.78 is 5.68. The van der Waals surface area contributed by atoms with Crippen molar-refractivity contribution in [3.8, 4) is 0 Å². The molecule has 0 saturated carbocycles. The second-order valence-electron chi connectivity index (χ2n) is 6.88. The van der Waals surface area contributed by atoms with E-state index in [4.69, 9.17) is 16.0 Å². The van der Waals surface area contributed by atoms with Crippen molar-refractivity contribution in [1.82, 2.24) is 4.98 Å². The molecule has 1 aliphatic rings. The molecule has 6 nitrogen and oxygen atoms in total. The normalized spacial score (nSPS) is 16.1. The number of anilines is 2. The first-order valence-corrected chi connectivity index (χ1v) is 10.1. The Kier molecular flexibility index (Phi) is 5.03. The number of benzene rings is 2. The molecule has 0 spiro atoms. The summed E-state index contributed by atoms with van der Waals surface area (Å²) in [6, 6.07) is 10.6. The van der Waals surface area contributed by atoms with Gasteiger partial charge in [0.05, 0.1) is 10.9 Å². The molecule has 144 valence electrons. The predicted molar refractivity (Wildman–Crippen MR) is 111 cm³/mol. The molecule has 2 aromatic carbocycles. The van der Waals surface area contributed by atoms with Crippen molar-refractivity contribution < 1.29 is 14.0 Å². The van der Waals surface area contributed by atoms with Gasteiger partial charge in [-0.2, -0.15) is 0 Å². The maximum Gasteiger partial charge on any atom is 0.238 e. The van der Waals surface area contributed by atoms with Crippen LogP contribution in [0.3, 0.4) is 0 Å². The number of thioether (sulfide) groups is 1. The third-order valence-corrected chi connectivity index (χ3v) is 5.82. The Balaban J connectivity index is 1.45. The summed E-state index contributed by atoms with van der Waals surface area (Å²) in [7, 11) is 0. The van der Waals surface area contributed by atoms with E-state index >= 15 is 0 Å². The lowest BCUT2D eigenvalue weighted by molar-refractivity contribution is -0.120. The first kappa shape index (κ1) is 18.8. The molecule has 1 atom stereocenters. The Morgan fingerprint density at radius 3 is 2.93 bits per heavy atom. The Morgan fingerprint density at radius 2 is 2.14 bits per heavy atom. The molecule has 28 heavy (non-hydrogen) atoms. The Morgan fingerprint density at radius 1 is 1.32 bits per heavy atom. The van der Waals surface area contributed by atoms with Crippen LogP contribution in [0, 0.1) is 0 Å². The lowest BCUT2D eigenvalue weighted by Crippen LogP contribution is -2.32. The quantitative estimate of drug-likeness (QED) is 0.623. The number of aromatic nitrogens is 1. The van der Waals surface area contributed by atoms with Crippen molar-refractivity contribution in [2.45, 2.75) is 36.3 Å². The van der Waals surface area contributed by atoms with Crippen LogP contribution >= 0.6 is 23.4 Å². The number of halogens is 1. The molecular formula is C20H18ClN3O3S. The van der Waals surface area contributed by atoms with Crippen LogP contribution in [0.4, 0.5) is 11.4 Å². The number of carbonyl (C=O) groups excluding carboxylic acids is 2. The third kappa shape index (κ3) is 3.86. The average molecular weight is 416 g/mol. The number of nitrogens with one attached hydrogen (secondary N) is 2. The highest BCUT2D eigenvalue weighted by Crippen LogP contribution is 2.38. The fourth-order valence-corrected chi connectivity index (χ4v) is 4.17. The van der Waals surface area contributed by atoms with E-state index in [0.717, 1.165) is 4.90 Å². The number of oxazole rings is 1. The van der Waals surface area contributed by atoms with Crippen LogP contribution < -0.4 is 10.6 Å². The molecule has 0 bridgehead atoms. The Labute approximate surface area is 171 Å². The lowest BCUT2D eigenvalue weighted by Gasteiger charge is -2.23. The Bertz CT molecular complexity index is 1080. The zero-order valence-corrected chi connectivity index (χ0v) is 16.9. The van der Waals surface area contributed by atoms with Crippen molar-refractivity contribution in [2.75, 3.05) is 10.6 Å². The third-order valence-electron chi connectivity index (χ3n) is 4.31. The van der Waals surface area contributed by atoms with Gasteiger partial charge in [0, 0.05) is 27.9 Å². The van der Waals surface area contributed by atoms with Crippen LogP contribution in [0.25, 0.3) is 11.1 Å². The van der Waals surface area contributed by atoms with Crippen molar-refractivity contribution in [2.24, 2.45) is 0 Å². The summed E-state index contributed by atoms with van der Waals surface area (Å²) in [5.74, 6) is 0.401. The van der Waals surface area contributed by atoms with Crippen LogP contribution in [0.2, 0.25) is 5.02 Å². The van der Waals surface area contributed by atoms with Gasteiger partial charge >= 0.3 is 0 Å². The molecule has 0 aliphatic carbocycles. The molecule has 2 N–H and O–H groups in total. The van der Waals surface area contributed by atoms with E-state index in [2.05, 4.69) is 15.6 Å². The fraction of sp³-hybridized carbons (Fsp3) is 0.250. The minimum atomic E-state index is -0.503. The standard InChI is InChI=1S/C20H18ClN3O3S/c1-10(2)20-24-13-8-12(4-5-15(13)27-20)22-18(25)9-17-19(26)23-14-7-11(21)3-6-16(14)28-17/h3-8,10,17H,9H2,1-2H3,(H,22,25)(H,23,26). The van der Waals surface area contributed by atoms with E-state index < -0.39 is 5.25 Å². The van der Waals surface area contributed by atoms with Gasteiger partial charge in [-0.1, -0.05) is 25.4 Å². The van der Waals surface area contributed by atoms with Gasteiger partial charge in [0.25, 0.3) is 0 Å². The van der Waals surface area contributed by atoms with Gasteiger partial charge in [-0.25, -0.2) is 4.98 Å². The monoisotopic (exact) mass is 415 g/mol. The minimum absolute atomic E-state index is 0.0622. The molecule has 1 aromatic heterocycles. The van der Waals surface area contributed by atoms with E-state index in [1.807, 2.05) is 19.9 Å². The molecule has 3 aromatic rings. The van der Waals surface area contributed by atoms with Gasteiger partial charge in [-0.05, 0) is 36.4 Å². The van der Waals surface area contributed by atoms with Crippen LogP contribution in [0.1, 0.15) is 32.1 Å². The molecule has 1 unspecified atom stereocenters. The SMILES string of the molecule is CC(C)c1nc2cc(NC(=O)CC3Sc4ccc(Cl)cc4NC3=O)ccc2o1. The van der Waals surface area contributed by atoms with Crippen LogP contribution in [-0.2, 0) is 9.59 Å². The summed E-state index contributed by atoms with van der Waals surface area (Å²) in [6.45, 7) is 4.01. The number of hydrogen-bond acceptors (Lipinski definition) is 5. The minimum Gasteiger partial charge on any atom is -0.440 e. The summed E-state index contributed by atoms with van der Waals surface area (Å²) in [5, 5.41) is 5.70. The summed E-state index contributed by atoms with van der Waals surface area (Å²) >= 11 is 7.32. The van der Waals surface area contributed by atoms with Crippen molar-refractivity contribution in [3.05, 3.63) is 47.3 Å². The van der Waals surface area contributed by atoms with E-state index in [1.54, 1.807) is 30.3 Å². The van der Waals surface area contributed by atoms with E-state index in [1.165, 1.54) is 11.8 Å². The second kappa shape index (κ2) is 7.48. The van der Waals surface area contributed by atoms with Crippen LogP contribution in [-0.4, -0.2) is 22.0 Å². The summed E-state index contributed by atoms with van der Waals surface area (Å²) in [6.07, 6.45) is 0.0622. The first-order chi connectivity index (χ1) is 13.4. The van der Waals surface area contributed by atoms with Gasteiger partial charge < -0.3 is 15.1 Å². The number of rotatable bonds is 4. The van der Waals surface area contributed by atoms with Gasteiger partial charge in [0.2, 0.25) is 11.8 Å². The molecule has 0 fully saturated rings. The topological polar surface area (TPSA) is 84.2 Å².